The van der Waals surface area contributed by atoms with E-state index in [1.165, 1.54) is 9.45 Å². The molecule has 1 aliphatic rings. The van der Waals surface area contributed by atoms with Gasteiger partial charge in [0, 0.05) is 0 Å². The van der Waals surface area contributed by atoms with Crippen molar-refractivity contribution < 1.29 is 49.7 Å². The molecule has 0 spiro atoms. The molecule has 1 atom stereocenters. The van der Waals surface area contributed by atoms with Gasteiger partial charge in [0.15, 0.2) is 0 Å². The quantitative estimate of drug-likeness (QED) is 0.505. The van der Waals surface area contributed by atoms with Crippen molar-refractivity contribution in [1.82, 2.24) is 0 Å². The summed E-state index contributed by atoms with van der Waals surface area (Å²) >= 11 is 2.23. The molecule has 0 radical (unpaired) electrons. The van der Waals surface area contributed by atoms with Gasteiger partial charge in [-0.2, -0.15) is 0 Å². The first kappa shape index (κ1) is 18.3. The van der Waals surface area contributed by atoms with Crippen LogP contribution in [0.2, 0.25) is 18.6 Å². The van der Waals surface area contributed by atoms with E-state index < -0.39 is 8.32 Å². The Balaban J connectivity index is 0. The van der Waals surface area contributed by atoms with Gasteiger partial charge in [-0.3, -0.25) is 0 Å². The molecule has 0 aromatic heterocycles. The molecule has 1 rings (SSSR count). The molecule has 1 nitrogen and oxygen atoms in total. The molecule has 1 aliphatic carbocycles. The van der Waals surface area contributed by atoms with Crippen molar-refractivity contribution in [3.05, 3.63) is 21.6 Å². The molecule has 85 valence electrons. The van der Waals surface area contributed by atoms with Gasteiger partial charge in [0.25, 0.3) is 0 Å². The van der Waals surface area contributed by atoms with E-state index in [0.717, 1.165) is 6.42 Å². The van der Waals surface area contributed by atoms with E-state index in [1.807, 2.05) is 7.11 Å². The van der Waals surface area contributed by atoms with E-state index in [0.29, 0.717) is 5.54 Å². The number of allylic oxidation sites excluding steroid dienone is 4. The molecule has 0 N–H and O–H groups in total. The zero-order chi connectivity index (χ0) is 10.1. The van der Waals surface area contributed by atoms with Gasteiger partial charge in [0.05, 0.1) is 0 Å². The fourth-order valence-corrected chi connectivity index (χ4v) is 3.73. The van der Waals surface area contributed by atoms with E-state index in [2.05, 4.69) is 52.6 Å². The van der Waals surface area contributed by atoms with E-state index >= 15 is 0 Å². The van der Waals surface area contributed by atoms with Crippen molar-refractivity contribution in [2.24, 2.45) is 0 Å². The Morgan fingerprint density at radius 2 is 1.93 bits per heavy atom. The fourth-order valence-electron chi connectivity index (χ4n) is 1.48. The van der Waals surface area contributed by atoms with E-state index in [9.17, 15) is 0 Å². The number of halogens is 2. The fraction of sp³-hybridized carbons (Fsp3) is 0.600. The van der Waals surface area contributed by atoms with E-state index in [-0.39, 0.29) is 24.8 Å². The number of hydrogen-bond acceptors (Lipinski definition) is 1. The predicted octanol–water partition coefficient (Wildman–Crippen LogP) is -3.00. The molecule has 0 heterocycles. The Hall–Kier alpha value is 0.951. The van der Waals surface area contributed by atoms with Crippen molar-refractivity contribution in [2.75, 3.05) is 7.11 Å². The second kappa shape index (κ2) is 7.31. The summed E-state index contributed by atoms with van der Waals surface area (Å²) in [5.41, 5.74) is 2.12. The van der Waals surface area contributed by atoms with Crippen molar-refractivity contribution >= 4 is 8.32 Å². The van der Waals surface area contributed by atoms with Crippen LogP contribution in [0, 0.1) is 0 Å². The average molecular weight is 300 g/mol. The van der Waals surface area contributed by atoms with Gasteiger partial charge in [-0.05, 0) is 0 Å². The minimum absolute atomic E-state index is 0. The van der Waals surface area contributed by atoms with Gasteiger partial charge in [-0.1, -0.05) is 0 Å². The van der Waals surface area contributed by atoms with Crippen molar-refractivity contribution in [3.63, 3.8) is 0 Å². The van der Waals surface area contributed by atoms with Crippen LogP contribution in [0.25, 0.3) is 0 Å². The van der Waals surface area contributed by atoms with E-state index in [1.54, 1.807) is 0 Å². The van der Waals surface area contributed by atoms with Gasteiger partial charge in [-0.25, -0.2) is 0 Å². The third-order valence-electron chi connectivity index (χ3n) is 3.00. The van der Waals surface area contributed by atoms with Crippen LogP contribution < -0.4 is 24.8 Å². The summed E-state index contributed by atoms with van der Waals surface area (Å²) in [5.74, 6) is 0. The zero-order valence-corrected chi connectivity index (χ0v) is 13.7. The molecule has 5 heteroatoms. The summed E-state index contributed by atoms with van der Waals surface area (Å²) in [7, 11) is 0.348. The molecule has 0 aromatic rings. The second-order valence-electron chi connectivity index (χ2n) is 4.07. The summed E-state index contributed by atoms with van der Waals surface area (Å²) in [6.07, 6.45) is 5.66. The molecular formula is C10H17Cl2OSiTi. The Morgan fingerprint density at radius 3 is 2.27 bits per heavy atom. The van der Waals surface area contributed by atoms with Crippen molar-refractivity contribution in [3.8, 4) is 0 Å². The Bertz CT molecular complexity index is 264. The molecule has 0 aliphatic heterocycles. The predicted molar refractivity (Wildman–Crippen MR) is 54.7 cm³/mol. The van der Waals surface area contributed by atoms with Gasteiger partial charge >= 0.3 is 93.9 Å². The van der Waals surface area contributed by atoms with Gasteiger partial charge in [0.1, 0.15) is 0 Å². The Labute approximate surface area is 118 Å². The first-order chi connectivity index (χ1) is 5.99. The number of rotatable bonds is 3. The van der Waals surface area contributed by atoms with Crippen LogP contribution in [-0.4, -0.2) is 15.4 Å². The van der Waals surface area contributed by atoms with Crippen LogP contribution in [0.15, 0.2) is 21.6 Å². The number of hydrogen-bond donors (Lipinski definition) is 0. The topological polar surface area (TPSA) is 9.23 Å². The maximum Gasteiger partial charge on any atom is -1.00 e. The van der Waals surface area contributed by atoms with Crippen LogP contribution in [0.4, 0.5) is 0 Å². The second-order valence-corrected chi connectivity index (χ2v) is 9.49. The normalized spacial score (nSPS) is 17.2. The first-order valence-electron chi connectivity index (χ1n) is 4.65. The maximum absolute atomic E-state index is 5.63. The first-order valence-corrected chi connectivity index (χ1v) is 8.42. The van der Waals surface area contributed by atoms with Gasteiger partial charge < -0.3 is 24.8 Å². The molecule has 0 aromatic carbocycles. The minimum atomic E-state index is -1.50. The third kappa shape index (κ3) is 4.37. The molecule has 15 heavy (non-hydrogen) atoms. The monoisotopic (exact) mass is 299 g/mol. The van der Waals surface area contributed by atoms with Crippen LogP contribution in [0.1, 0.15) is 13.3 Å². The standard InChI is InChI=1S/C10H17OSi.2ClH.Ti/c1-9(12(3,4)11-2)10-7-5-6-8-10;;;/h5,7,9H,6H2,1-4H3;2*1H;/q;;;+2/p-2. The van der Waals surface area contributed by atoms with E-state index in [4.69, 9.17) is 4.43 Å². The summed E-state index contributed by atoms with van der Waals surface area (Å²) < 4.78 is 7.15. The van der Waals surface area contributed by atoms with Crippen LogP contribution in [-0.2, 0) is 24.9 Å². The molecule has 0 amide bonds. The maximum atomic E-state index is 5.63. The third-order valence-corrected chi connectivity index (χ3v) is 7.22. The van der Waals surface area contributed by atoms with Crippen molar-refractivity contribution in [2.45, 2.75) is 32.0 Å². The largest absolute Gasteiger partial charge is 1.00 e. The Kier molecular flexibility index (Phi) is 8.93. The minimum Gasteiger partial charge on any atom is -1.00 e. The van der Waals surface area contributed by atoms with Crippen LogP contribution in [0.5, 0.6) is 0 Å². The molecule has 1 unspecified atom stereocenters. The molecule has 0 saturated heterocycles. The average Bonchev–Trinajstić information content (AvgIpc) is 2.50. The zero-order valence-electron chi connectivity index (χ0n) is 9.60. The summed E-state index contributed by atoms with van der Waals surface area (Å²) in [4.78, 5) is 0. The molecular weight excluding hydrogens is 283 g/mol. The van der Waals surface area contributed by atoms with Gasteiger partial charge in [0.2, 0.25) is 0 Å². The SMILES string of the molecule is CO[Si](C)(C)C(C)C1=[C]([Ti+2])CC=C1.[Cl-].[Cl-]. The van der Waals surface area contributed by atoms with Crippen LogP contribution >= 0.6 is 0 Å². The molecule has 0 bridgehead atoms. The van der Waals surface area contributed by atoms with Gasteiger partial charge in [-0.15, -0.1) is 0 Å². The molecule has 0 saturated carbocycles. The summed E-state index contributed by atoms with van der Waals surface area (Å²) in [5, 5.41) is 0. The summed E-state index contributed by atoms with van der Waals surface area (Å²) in [6.45, 7) is 6.86. The summed E-state index contributed by atoms with van der Waals surface area (Å²) in [6, 6.07) is 0. The Morgan fingerprint density at radius 1 is 1.40 bits per heavy atom. The molecule has 0 fully saturated rings. The van der Waals surface area contributed by atoms with Crippen LogP contribution in [0.3, 0.4) is 0 Å². The van der Waals surface area contributed by atoms with Crippen molar-refractivity contribution in [1.29, 1.82) is 0 Å². The smallest absolute Gasteiger partial charge is 1.00 e.